The topological polar surface area (TPSA) is 66.6 Å². The molecule has 5 nitrogen and oxygen atoms in total. The van der Waals surface area contributed by atoms with Gasteiger partial charge in [0.2, 0.25) is 10.0 Å². The zero-order chi connectivity index (χ0) is 21.1. The summed E-state index contributed by atoms with van der Waals surface area (Å²) in [6.07, 6.45) is 4.47. The largest absolute Gasteiger partial charge is 0.372 e. The lowest BCUT2D eigenvalue weighted by molar-refractivity contribution is 0.170. The van der Waals surface area contributed by atoms with Crippen molar-refractivity contribution in [3.8, 4) is 0 Å². The number of likely N-dealkylation sites (tertiary alicyclic amines) is 1. The van der Waals surface area contributed by atoms with Gasteiger partial charge in [-0.05, 0) is 92.6 Å². The van der Waals surface area contributed by atoms with E-state index in [0.29, 0.717) is 11.8 Å². The van der Waals surface area contributed by atoms with Crippen molar-refractivity contribution in [2.75, 3.05) is 37.6 Å². The molecule has 30 heavy (non-hydrogen) atoms. The van der Waals surface area contributed by atoms with Crippen LogP contribution in [0.4, 0.5) is 10.1 Å². The van der Waals surface area contributed by atoms with Crippen molar-refractivity contribution in [3.63, 3.8) is 0 Å². The predicted octanol–water partition coefficient (Wildman–Crippen LogP) is 3.57. The van der Waals surface area contributed by atoms with Gasteiger partial charge in [0.25, 0.3) is 0 Å². The van der Waals surface area contributed by atoms with Gasteiger partial charge in [-0.3, -0.25) is 0 Å². The van der Waals surface area contributed by atoms with E-state index in [4.69, 9.17) is 5.14 Å². The predicted molar refractivity (Wildman–Crippen MR) is 118 cm³/mol. The first-order valence-electron chi connectivity index (χ1n) is 10.7. The Bertz CT molecular complexity index is 949. The third kappa shape index (κ3) is 5.20. The van der Waals surface area contributed by atoms with Crippen molar-refractivity contribution < 1.29 is 12.8 Å². The number of piperidine rings is 2. The minimum atomic E-state index is -3.64. The van der Waals surface area contributed by atoms with Gasteiger partial charge in [-0.25, -0.2) is 17.9 Å². The molecule has 0 atom stereocenters. The lowest BCUT2D eigenvalue weighted by Crippen LogP contribution is -2.41. The molecule has 2 aliphatic rings. The Morgan fingerprint density at radius 3 is 2.20 bits per heavy atom. The van der Waals surface area contributed by atoms with Crippen LogP contribution in [0.1, 0.15) is 37.2 Å². The number of hydrogen-bond acceptors (Lipinski definition) is 4. The summed E-state index contributed by atoms with van der Waals surface area (Å²) in [7, 11) is -3.64. The Balaban J connectivity index is 1.24. The first-order chi connectivity index (χ1) is 14.4. The molecule has 2 heterocycles. The maximum absolute atomic E-state index is 13.5. The van der Waals surface area contributed by atoms with Crippen molar-refractivity contribution in [2.45, 2.75) is 36.5 Å². The summed E-state index contributed by atoms with van der Waals surface area (Å²) in [6.45, 7) is 5.26. The minimum Gasteiger partial charge on any atom is -0.372 e. The van der Waals surface area contributed by atoms with E-state index < -0.39 is 10.0 Å². The van der Waals surface area contributed by atoms with Gasteiger partial charge in [-0.1, -0.05) is 12.1 Å². The standard InChI is InChI=1S/C23H30FN3O2S/c24-21-3-1-2-20(16-21)19-10-12-26(13-11-19)17-18-8-14-27(15-9-18)22-4-6-23(7-5-22)30(25,28)29/h1-7,16,18-19H,8-15,17H2,(H2,25,28,29). The monoisotopic (exact) mass is 431 g/mol. The molecule has 162 valence electrons. The van der Waals surface area contributed by atoms with Crippen LogP contribution in [0.3, 0.4) is 0 Å². The lowest BCUT2D eigenvalue weighted by atomic mass is 9.88. The van der Waals surface area contributed by atoms with Gasteiger partial charge < -0.3 is 9.80 Å². The maximum Gasteiger partial charge on any atom is 0.238 e. The highest BCUT2D eigenvalue weighted by Crippen LogP contribution is 2.30. The zero-order valence-corrected chi connectivity index (χ0v) is 18.0. The number of benzene rings is 2. The maximum atomic E-state index is 13.5. The molecule has 0 aromatic heterocycles. The summed E-state index contributed by atoms with van der Waals surface area (Å²) >= 11 is 0. The molecule has 0 spiro atoms. The van der Waals surface area contributed by atoms with Gasteiger partial charge in [0, 0.05) is 25.3 Å². The highest BCUT2D eigenvalue weighted by molar-refractivity contribution is 7.89. The molecule has 0 amide bonds. The average molecular weight is 432 g/mol. The van der Waals surface area contributed by atoms with Crippen LogP contribution in [0.15, 0.2) is 53.4 Å². The van der Waals surface area contributed by atoms with Crippen molar-refractivity contribution in [3.05, 3.63) is 59.9 Å². The van der Waals surface area contributed by atoms with Crippen LogP contribution in [0.5, 0.6) is 0 Å². The Kier molecular flexibility index (Phi) is 6.41. The van der Waals surface area contributed by atoms with Gasteiger partial charge >= 0.3 is 0 Å². The number of primary sulfonamides is 1. The van der Waals surface area contributed by atoms with E-state index in [1.54, 1.807) is 18.2 Å². The zero-order valence-electron chi connectivity index (χ0n) is 17.2. The van der Waals surface area contributed by atoms with E-state index in [0.717, 1.165) is 69.7 Å². The van der Waals surface area contributed by atoms with Crippen LogP contribution in [0, 0.1) is 11.7 Å². The van der Waals surface area contributed by atoms with E-state index in [2.05, 4.69) is 15.9 Å². The summed E-state index contributed by atoms with van der Waals surface area (Å²) in [4.78, 5) is 5.04. The third-order valence-electron chi connectivity index (χ3n) is 6.57. The van der Waals surface area contributed by atoms with Gasteiger partial charge in [-0.15, -0.1) is 0 Å². The summed E-state index contributed by atoms with van der Waals surface area (Å²) in [5, 5.41) is 5.18. The lowest BCUT2D eigenvalue weighted by Gasteiger charge is -2.38. The second-order valence-corrected chi connectivity index (χ2v) is 10.2. The van der Waals surface area contributed by atoms with Crippen LogP contribution in [0.25, 0.3) is 0 Å². The van der Waals surface area contributed by atoms with Gasteiger partial charge in [-0.2, -0.15) is 0 Å². The van der Waals surface area contributed by atoms with E-state index in [1.165, 1.54) is 6.07 Å². The Labute approximate surface area is 178 Å². The number of anilines is 1. The van der Waals surface area contributed by atoms with Crippen LogP contribution in [0.2, 0.25) is 0 Å². The fourth-order valence-corrected chi connectivity index (χ4v) is 5.31. The molecule has 2 N–H and O–H groups in total. The first kappa shape index (κ1) is 21.3. The number of rotatable bonds is 5. The minimum absolute atomic E-state index is 0.138. The fourth-order valence-electron chi connectivity index (χ4n) is 4.79. The Morgan fingerprint density at radius 2 is 1.60 bits per heavy atom. The molecule has 0 saturated carbocycles. The van der Waals surface area contributed by atoms with E-state index in [-0.39, 0.29) is 10.7 Å². The van der Waals surface area contributed by atoms with E-state index in [9.17, 15) is 12.8 Å². The van der Waals surface area contributed by atoms with Crippen molar-refractivity contribution in [2.24, 2.45) is 11.1 Å². The Hall–Kier alpha value is -1.96. The molecule has 0 unspecified atom stereocenters. The summed E-state index contributed by atoms with van der Waals surface area (Å²) in [5.74, 6) is 1.02. The molecular weight excluding hydrogens is 401 g/mol. The average Bonchev–Trinajstić information content (AvgIpc) is 2.74. The molecule has 0 aliphatic carbocycles. The van der Waals surface area contributed by atoms with Crippen LogP contribution >= 0.6 is 0 Å². The summed E-state index contributed by atoms with van der Waals surface area (Å²) < 4.78 is 36.3. The molecule has 0 radical (unpaired) electrons. The van der Waals surface area contributed by atoms with E-state index in [1.807, 2.05) is 18.2 Å². The SMILES string of the molecule is NS(=O)(=O)c1ccc(N2CCC(CN3CCC(c4cccc(F)c4)CC3)CC2)cc1. The number of hydrogen-bond donors (Lipinski definition) is 1. The summed E-state index contributed by atoms with van der Waals surface area (Å²) in [5.41, 5.74) is 2.19. The second-order valence-electron chi connectivity index (χ2n) is 8.60. The number of halogens is 1. The van der Waals surface area contributed by atoms with E-state index >= 15 is 0 Å². The molecule has 2 aliphatic heterocycles. The molecule has 2 aromatic carbocycles. The van der Waals surface area contributed by atoms with Crippen LogP contribution < -0.4 is 10.0 Å². The Morgan fingerprint density at radius 1 is 0.933 bits per heavy atom. The molecule has 2 aromatic rings. The fraction of sp³-hybridized carbons (Fsp3) is 0.478. The molecule has 7 heteroatoms. The van der Waals surface area contributed by atoms with Gasteiger partial charge in [0.05, 0.1) is 4.90 Å². The third-order valence-corrected chi connectivity index (χ3v) is 7.50. The molecule has 2 fully saturated rings. The van der Waals surface area contributed by atoms with Gasteiger partial charge in [0.15, 0.2) is 0 Å². The highest BCUT2D eigenvalue weighted by atomic mass is 32.2. The van der Waals surface area contributed by atoms with Crippen molar-refractivity contribution in [1.29, 1.82) is 0 Å². The molecule has 2 saturated heterocycles. The second kappa shape index (κ2) is 9.04. The number of nitrogens with two attached hydrogens (primary N) is 1. The normalized spacial score (nSPS) is 19.9. The van der Waals surface area contributed by atoms with Gasteiger partial charge in [0.1, 0.15) is 5.82 Å². The van der Waals surface area contributed by atoms with Crippen LogP contribution in [-0.2, 0) is 10.0 Å². The highest BCUT2D eigenvalue weighted by Gasteiger charge is 2.25. The molecule has 0 bridgehead atoms. The van der Waals surface area contributed by atoms with Crippen molar-refractivity contribution in [1.82, 2.24) is 4.90 Å². The smallest absolute Gasteiger partial charge is 0.238 e. The first-order valence-corrected chi connectivity index (χ1v) is 12.3. The molecular formula is C23H30FN3O2S. The quantitative estimate of drug-likeness (QED) is 0.786. The van der Waals surface area contributed by atoms with Crippen LogP contribution in [-0.4, -0.2) is 46.0 Å². The molecule has 4 rings (SSSR count). The number of sulfonamides is 1. The van der Waals surface area contributed by atoms with Crippen molar-refractivity contribution >= 4 is 15.7 Å². The summed E-state index contributed by atoms with van der Waals surface area (Å²) in [6, 6.07) is 13.9. The number of nitrogens with zero attached hydrogens (tertiary/aromatic N) is 2.